The van der Waals surface area contributed by atoms with Gasteiger partial charge >= 0.3 is 0 Å². The number of aryl methyl sites for hydroxylation is 2. The zero-order chi connectivity index (χ0) is 31.8. The summed E-state index contributed by atoms with van der Waals surface area (Å²) in [6.07, 6.45) is 1.53. The second-order valence-electron chi connectivity index (χ2n) is 11.5. The number of fused-ring (bicyclic) bond motifs is 6. The van der Waals surface area contributed by atoms with Crippen LogP contribution in [0.25, 0.3) is 0 Å². The van der Waals surface area contributed by atoms with Crippen LogP contribution in [0.2, 0.25) is 0 Å². The standard InChI is InChI=1S/C36H48N4O5/c1-5-38-31-23-33-29(21-25(31)3)36(30-22-26(4)32(39-6-2)24-34(30)45-33)28-12-8-7-11-27(28)35(41)40(36)14-10-16-43-18-20-44-19-17-42-15-9-13-37/h7-8,11-12,21-24,38-39H,5-6,9-10,13-20,37H2,1-4H3. The van der Waals surface area contributed by atoms with Crippen molar-refractivity contribution in [2.45, 2.75) is 46.1 Å². The summed E-state index contributed by atoms with van der Waals surface area (Å²) in [6, 6.07) is 16.6. The third-order valence-electron chi connectivity index (χ3n) is 8.49. The van der Waals surface area contributed by atoms with Gasteiger partial charge in [-0.1, -0.05) is 18.2 Å². The van der Waals surface area contributed by atoms with E-state index in [0.29, 0.717) is 59.2 Å². The van der Waals surface area contributed by atoms with Crippen molar-refractivity contribution in [2.75, 3.05) is 76.5 Å². The zero-order valence-electron chi connectivity index (χ0n) is 27.2. The average Bonchev–Trinajstić information content (AvgIpc) is 3.28. The predicted octanol–water partition coefficient (Wildman–Crippen LogP) is 5.81. The van der Waals surface area contributed by atoms with Gasteiger partial charge in [0, 0.05) is 73.0 Å². The van der Waals surface area contributed by atoms with E-state index in [1.54, 1.807) is 0 Å². The van der Waals surface area contributed by atoms with Crippen molar-refractivity contribution in [3.63, 3.8) is 0 Å². The van der Waals surface area contributed by atoms with E-state index in [4.69, 9.17) is 24.7 Å². The van der Waals surface area contributed by atoms with Crippen molar-refractivity contribution in [1.82, 2.24) is 4.90 Å². The number of hydrogen-bond acceptors (Lipinski definition) is 8. The fourth-order valence-corrected chi connectivity index (χ4v) is 6.47. The number of nitrogens with one attached hydrogen (secondary N) is 2. The largest absolute Gasteiger partial charge is 0.456 e. The Hall–Kier alpha value is -3.63. The molecular weight excluding hydrogens is 568 g/mol. The third-order valence-corrected chi connectivity index (χ3v) is 8.49. The lowest BCUT2D eigenvalue weighted by Gasteiger charge is -2.45. The molecule has 0 saturated carbocycles. The molecule has 2 heterocycles. The number of amides is 1. The Morgan fingerprint density at radius 1 is 0.756 bits per heavy atom. The molecule has 2 aliphatic heterocycles. The fraction of sp³-hybridized carbons (Fsp3) is 0.472. The molecule has 3 aromatic carbocycles. The molecule has 0 unspecified atom stereocenters. The van der Waals surface area contributed by atoms with E-state index in [2.05, 4.69) is 68.7 Å². The number of rotatable bonds is 17. The molecule has 0 radical (unpaired) electrons. The Balaban J connectivity index is 1.44. The van der Waals surface area contributed by atoms with Gasteiger partial charge in [0.25, 0.3) is 5.91 Å². The number of nitrogens with two attached hydrogens (primary N) is 1. The molecular formula is C36H48N4O5. The summed E-state index contributed by atoms with van der Waals surface area (Å²) in [5, 5.41) is 6.95. The van der Waals surface area contributed by atoms with Crippen LogP contribution in [0.4, 0.5) is 11.4 Å². The fourth-order valence-electron chi connectivity index (χ4n) is 6.47. The smallest absolute Gasteiger partial charge is 0.255 e. The van der Waals surface area contributed by atoms with Gasteiger partial charge in [0.05, 0.1) is 26.4 Å². The molecule has 0 aromatic heterocycles. The summed E-state index contributed by atoms with van der Waals surface area (Å²) >= 11 is 0. The van der Waals surface area contributed by atoms with Crippen LogP contribution in [-0.4, -0.2) is 76.6 Å². The Morgan fingerprint density at radius 2 is 1.29 bits per heavy atom. The molecule has 1 spiro atoms. The van der Waals surface area contributed by atoms with Gasteiger partial charge < -0.3 is 40.2 Å². The van der Waals surface area contributed by atoms with Crippen molar-refractivity contribution in [3.8, 4) is 11.5 Å². The summed E-state index contributed by atoms with van der Waals surface area (Å²) in [6.45, 7) is 14.4. The Kier molecular flexibility index (Phi) is 11.0. The quantitative estimate of drug-likeness (QED) is 0.163. The van der Waals surface area contributed by atoms with Gasteiger partial charge in [-0.2, -0.15) is 0 Å². The zero-order valence-corrected chi connectivity index (χ0v) is 27.2. The predicted molar refractivity (Wildman–Crippen MR) is 179 cm³/mol. The van der Waals surface area contributed by atoms with Crippen molar-refractivity contribution in [1.29, 1.82) is 0 Å². The first-order valence-corrected chi connectivity index (χ1v) is 16.3. The lowest BCUT2D eigenvalue weighted by atomic mass is 9.73. The molecule has 9 nitrogen and oxygen atoms in total. The van der Waals surface area contributed by atoms with E-state index >= 15 is 0 Å². The third kappa shape index (κ3) is 6.53. The second kappa shape index (κ2) is 15.1. The minimum atomic E-state index is -0.839. The molecule has 2 aliphatic rings. The number of hydrogen-bond donors (Lipinski definition) is 3. The van der Waals surface area contributed by atoms with Crippen LogP contribution < -0.4 is 21.1 Å². The first kappa shape index (κ1) is 32.8. The lowest BCUT2D eigenvalue weighted by molar-refractivity contribution is 0.0121. The summed E-state index contributed by atoms with van der Waals surface area (Å²) in [5.41, 5.74) is 12.6. The highest BCUT2D eigenvalue weighted by molar-refractivity contribution is 6.02. The van der Waals surface area contributed by atoms with E-state index in [9.17, 15) is 4.79 Å². The van der Waals surface area contributed by atoms with Gasteiger partial charge in [0.15, 0.2) is 0 Å². The molecule has 0 atom stereocenters. The highest BCUT2D eigenvalue weighted by Gasteiger charge is 2.56. The summed E-state index contributed by atoms with van der Waals surface area (Å²) in [5.74, 6) is 1.53. The summed E-state index contributed by atoms with van der Waals surface area (Å²) < 4.78 is 23.7. The van der Waals surface area contributed by atoms with Crippen molar-refractivity contribution in [2.24, 2.45) is 5.73 Å². The van der Waals surface area contributed by atoms with Crippen LogP contribution in [0.15, 0.2) is 48.5 Å². The van der Waals surface area contributed by atoms with Crippen LogP contribution in [0.1, 0.15) is 64.9 Å². The maximum Gasteiger partial charge on any atom is 0.255 e. The SMILES string of the molecule is CCNc1cc2c(cc1C)C1(c3cc(C)c(NCC)cc3O2)c2ccccc2C(=O)N1CCCOCCOCCOCCCN. The van der Waals surface area contributed by atoms with E-state index < -0.39 is 5.54 Å². The molecule has 0 bridgehead atoms. The monoisotopic (exact) mass is 616 g/mol. The topological polar surface area (TPSA) is 107 Å². The van der Waals surface area contributed by atoms with Crippen LogP contribution >= 0.6 is 0 Å². The van der Waals surface area contributed by atoms with Gasteiger partial charge in [-0.15, -0.1) is 0 Å². The molecule has 3 aromatic rings. The molecule has 0 saturated heterocycles. The molecule has 0 aliphatic carbocycles. The van der Waals surface area contributed by atoms with Gasteiger partial charge in [0.1, 0.15) is 17.0 Å². The van der Waals surface area contributed by atoms with E-state index in [-0.39, 0.29) is 5.91 Å². The molecule has 4 N–H and O–H groups in total. The van der Waals surface area contributed by atoms with Crippen LogP contribution in [-0.2, 0) is 19.7 Å². The maximum absolute atomic E-state index is 14.3. The number of benzene rings is 3. The highest BCUT2D eigenvalue weighted by Crippen LogP contribution is 2.58. The van der Waals surface area contributed by atoms with Crippen molar-refractivity contribution in [3.05, 3.63) is 81.9 Å². The number of carbonyl (C=O) groups is 1. The Morgan fingerprint density at radius 3 is 1.84 bits per heavy atom. The molecule has 242 valence electrons. The molecule has 45 heavy (non-hydrogen) atoms. The lowest BCUT2D eigenvalue weighted by Crippen LogP contribution is -2.48. The van der Waals surface area contributed by atoms with Crippen LogP contribution in [0.5, 0.6) is 11.5 Å². The number of ether oxygens (including phenoxy) is 4. The van der Waals surface area contributed by atoms with Crippen LogP contribution in [0.3, 0.4) is 0 Å². The molecule has 9 heteroatoms. The van der Waals surface area contributed by atoms with Gasteiger partial charge in [-0.3, -0.25) is 4.79 Å². The average molecular weight is 617 g/mol. The van der Waals surface area contributed by atoms with Gasteiger partial charge in [-0.25, -0.2) is 0 Å². The molecule has 1 amide bonds. The number of anilines is 2. The second-order valence-corrected chi connectivity index (χ2v) is 11.5. The Labute approximate surface area is 267 Å². The minimum Gasteiger partial charge on any atom is -0.456 e. The molecule has 0 fully saturated rings. The van der Waals surface area contributed by atoms with Crippen LogP contribution in [0, 0.1) is 13.8 Å². The maximum atomic E-state index is 14.3. The van der Waals surface area contributed by atoms with Crippen molar-refractivity contribution < 1.29 is 23.7 Å². The summed E-state index contributed by atoms with van der Waals surface area (Å²) in [7, 11) is 0. The van der Waals surface area contributed by atoms with Gasteiger partial charge in [0.2, 0.25) is 0 Å². The van der Waals surface area contributed by atoms with E-state index in [1.807, 2.05) is 23.1 Å². The number of nitrogens with zero attached hydrogens (tertiary/aromatic N) is 1. The van der Waals surface area contributed by atoms with Gasteiger partial charge in [-0.05, 0) is 82.0 Å². The number of carbonyl (C=O) groups excluding carboxylic acids is 1. The van der Waals surface area contributed by atoms with E-state index in [1.165, 1.54) is 0 Å². The Bertz CT molecular complexity index is 1410. The summed E-state index contributed by atoms with van der Waals surface area (Å²) in [4.78, 5) is 16.3. The normalized spacial score (nSPS) is 14.2. The minimum absolute atomic E-state index is 0.0178. The van der Waals surface area contributed by atoms with E-state index in [0.717, 1.165) is 75.8 Å². The highest BCUT2D eigenvalue weighted by atomic mass is 16.5. The first-order chi connectivity index (χ1) is 22.0. The molecule has 5 rings (SSSR count). The first-order valence-electron chi connectivity index (χ1n) is 16.3. The van der Waals surface area contributed by atoms with Crippen molar-refractivity contribution >= 4 is 17.3 Å².